The molecule has 0 aliphatic carbocycles. The Bertz CT molecular complexity index is 1360. The molecule has 0 bridgehead atoms. The summed E-state index contributed by atoms with van der Waals surface area (Å²) in [5.74, 6) is 0. The van der Waals surface area contributed by atoms with Crippen LogP contribution in [0, 0.1) is 0 Å². The topological polar surface area (TPSA) is 63.7 Å². The molecule has 2 aromatic carbocycles. The molecule has 2 heterocycles. The fourth-order valence-electron chi connectivity index (χ4n) is 4.44. The second-order valence-corrected chi connectivity index (χ2v) is 39.3. The summed E-state index contributed by atoms with van der Waals surface area (Å²) >= 11 is 3.21. The Balaban J connectivity index is 0.00000102. The molecule has 45 heavy (non-hydrogen) atoms. The number of hydrogen-bond acceptors (Lipinski definition) is 8. The average Bonchev–Trinajstić information content (AvgIpc) is 3.70. The van der Waals surface area contributed by atoms with E-state index in [-0.39, 0.29) is 0 Å². The van der Waals surface area contributed by atoms with Gasteiger partial charge in [0.1, 0.15) is 23.8 Å². The number of hydrogen-bond donors (Lipinski definition) is 0. The van der Waals surface area contributed by atoms with Gasteiger partial charge in [-0.25, -0.2) is 9.13 Å². The number of azo groups is 2. The van der Waals surface area contributed by atoms with Crippen molar-refractivity contribution in [2.75, 3.05) is 36.0 Å². The molecule has 0 saturated carbocycles. The van der Waals surface area contributed by atoms with Gasteiger partial charge in [0.2, 0.25) is 0 Å². The zero-order chi connectivity index (χ0) is 32.7. The van der Waals surface area contributed by atoms with Crippen LogP contribution in [0.5, 0.6) is 0 Å². The first-order valence-corrected chi connectivity index (χ1v) is 32.5. The van der Waals surface area contributed by atoms with Crippen molar-refractivity contribution in [3.05, 3.63) is 71.7 Å². The van der Waals surface area contributed by atoms with Crippen LogP contribution < -0.4 is 18.9 Å². The van der Waals surface area contributed by atoms with Crippen molar-refractivity contribution in [1.82, 2.24) is 0 Å². The molecular weight excluding hydrogens is 744 g/mol. The summed E-state index contributed by atoms with van der Waals surface area (Å²) in [6.07, 6.45) is 6.34. The maximum absolute atomic E-state index is 5.05. The molecule has 0 N–H and O–H groups in total. The Morgan fingerprint density at radius 3 is 1.27 bits per heavy atom. The van der Waals surface area contributed by atoms with Crippen LogP contribution in [-0.2, 0) is 23.9 Å². The van der Waals surface area contributed by atoms with Crippen molar-refractivity contribution < 1.29 is 19.9 Å². The minimum atomic E-state index is -3.36. The number of anilines is 2. The Kier molecular flexibility index (Phi) is 16.6. The molecule has 8 nitrogen and oxygen atoms in total. The number of unbranched alkanes of at least 4 members (excludes halogenated alkanes) is 1. The zero-order valence-corrected chi connectivity index (χ0v) is 33.8. The number of rotatable bonds is 15. The van der Waals surface area contributed by atoms with Crippen molar-refractivity contribution in [2.24, 2.45) is 20.5 Å². The Labute approximate surface area is 294 Å². The second kappa shape index (κ2) is 19.8. The first-order chi connectivity index (χ1) is 21.6. The van der Waals surface area contributed by atoms with Gasteiger partial charge in [-0.1, -0.05) is 0 Å². The van der Waals surface area contributed by atoms with Crippen LogP contribution in [0.25, 0.3) is 0 Å². The number of halogens is 4. The van der Waals surface area contributed by atoms with Crippen molar-refractivity contribution in [2.45, 2.75) is 53.6 Å². The summed E-state index contributed by atoms with van der Waals surface area (Å²) in [7, 11) is 16.8. The van der Waals surface area contributed by atoms with Crippen LogP contribution in [0.15, 0.2) is 92.1 Å². The molecule has 0 radical (unpaired) electrons. The van der Waals surface area contributed by atoms with Crippen LogP contribution in [0.3, 0.4) is 0 Å². The molecule has 4 rings (SSSR count). The molecule has 0 unspecified atom stereocenters. The van der Waals surface area contributed by atoms with Gasteiger partial charge in [0.15, 0.2) is 0 Å². The average molecular weight is 784 g/mol. The predicted octanol–water partition coefficient (Wildman–Crippen LogP) is 11.1. The number of thiazole rings is 2. The minimum absolute atomic E-state index is 0.873. The molecule has 0 aliphatic rings. The van der Waals surface area contributed by atoms with Gasteiger partial charge in [-0.2, -0.15) is 0 Å². The van der Waals surface area contributed by atoms with E-state index < -0.39 is 10.8 Å². The van der Waals surface area contributed by atoms with E-state index in [4.69, 9.17) is 38.8 Å². The molecule has 0 saturated heterocycles. The molecule has 0 fully saturated rings. The van der Waals surface area contributed by atoms with Gasteiger partial charge in [0, 0.05) is 48.3 Å². The van der Waals surface area contributed by atoms with Crippen LogP contribution in [-0.4, -0.2) is 26.2 Å². The fourth-order valence-corrected chi connectivity index (χ4v) is 5.93. The van der Waals surface area contributed by atoms with E-state index in [0.29, 0.717) is 0 Å². The van der Waals surface area contributed by atoms with Crippen molar-refractivity contribution >= 4 is 94.5 Å². The number of aromatic nitrogens is 2. The molecular formula is C30H40Cl4N8S2Zn. The van der Waals surface area contributed by atoms with Gasteiger partial charge < -0.3 is 9.80 Å². The molecule has 15 heteroatoms. The molecule has 0 atom stereocenters. The normalized spacial score (nSPS) is 11.6. The van der Waals surface area contributed by atoms with Crippen LogP contribution >= 0.6 is 61.4 Å². The van der Waals surface area contributed by atoms with Crippen LogP contribution in [0.1, 0.15) is 40.5 Å². The first kappa shape index (κ1) is 37.7. The van der Waals surface area contributed by atoms with Crippen molar-refractivity contribution in [3.63, 3.8) is 0 Å². The van der Waals surface area contributed by atoms with E-state index in [0.717, 1.165) is 73.7 Å². The van der Waals surface area contributed by atoms with E-state index in [1.54, 1.807) is 22.7 Å². The molecule has 0 aliphatic heterocycles. The third kappa shape index (κ3) is 13.5. The van der Waals surface area contributed by atoms with Gasteiger partial charge in [-0.15, -0.1) is 0 Å². The summed E-state index contributed by atoms with van der Waals surface area (Å²) in [6.45, 7) is 14.4. The van der Waals surface area contributed by atoms with Crippen molar-refractivity contribution in [3.8, 4) is 0 Å². The standard InChI is InChI=1S/C30H40N8S2.4ClH.Zn/c1-5-35(27-15-11-25(12-16-27)31-33-29-37(7-3)21-23-39-29)19-9-10-20-36(6-2)28-17-13-26(14-18-28)32-34-30-38(8-4)22-24-40-30;;;;;/h11-18,21-24H,5-10,19-20H2,1-4H3;4*1H;/q+2;;;;;+2/p-4. The first-order valence-electron chi connectivity index (χ1n) is 15.2. The summed E-state index contributed by atoms with van der Waals surface area (Å²) in [4.78, 5) is 4.86. The Morgan fingerprint density at radius 2 is 0.956 bits per heavy atom. The van der Waals surface area contributed by atoms with E-state index in [9.17, 15) is 0 Å². The van der Waals surface area contributed by atoms with E-state index in [1.807, 2.05) is 23.2 Å². The quantitative estimate of drug-likeness (QED) is 0.0522. The van der Waals surface area contributed by atoms with Crippen LogP contribution in [0.2, 0.25) is 0 Å². The molecule has 0 amide bonds. The summed E-state index contributed by atoms with van der Waals surface area (Å²) < 4.78 is 4.19. The Hall–Kier alpha value is -1.72. The predicted molar refractivity (Wildman–Crippen MR) is 190 cm³/mol. The van der Waals surface area contributed by atoms with Gasteiger partial charge >= 0.3 is 59.8 Å². The fraction of sp³-hybridized carbons (Fsp3) is 0.400. The summed E-state index contributed by atoms with van der Waals surface area (Å²) in [5.41, 5.74) is 4.20. The van der Waals surface area contributed by atoms with Crippen molar-refractivity contribution in [1.29, 1.82) is 0 Å². The molecule has 2 aromatic heterocycles. The Morgan fingerprint density at radius 1 is 0.600 bits per heavy atom. The third-order valence-corrected chi connectivity index (χ3v) is 8.37. The van der Waals surface area contributed by atoms with Gasteiger partial charge in [0.05, 0.1) is 23.3 Å². The summed E-state index contributed by atoms with van der Waals surface area (Å²) in [6, 6.07) is 16.8. The van der Waals surface area contributed by atoms with Gasteiger partial charge in [-0.05, 0) is 122 Å². The third-order valence-electron chi connectivity index (χ3n) is 6.80. The second-order valence-electron chi connectivity index (χ2n) is 9.85. The maximum atomic E-state index is 5.05. The zero-order valence-electron chi connectivity index (χ0n) is 26.2. The SMILES string of the molecule is CCN(CCCCN(CC)c1ccc(N=Nc2scc[n+]2CC)cc1)c1ccc(N=Nc2scc[n+]2CC)cc1.[Cl][Zn-2]([Cl])([Cl])[Cl]. The summed E-state index contributed by atoms with van der Waals surface area (Å²) in [5, 5.41) is 23.6. The van der Waals surface area contributed by atoms with Gasteiger partial charge in [0.25, 0.3) is 0 Å². The number of benzene rings is 2. The molecule has 0 spiro atoms. The van der Waals surface area contributed by atoms with Crippen LogP contribution in [0.4, 0.5) is 33.0 Å². The number of aryl methyl sites for hydroxylation is 2. The van der Waals surface area contributed by atoms with E-state index in [2.05, 4.69) is 116 Å². The monoisotopic (exact) mass is 780 g/mol. The van der Waals surface area contributed by atoms with Gasteiger partial charge in [-0.3, -0.25) is 0 Å². The molecule has 4 aromatic rings. The van der Waals surface area contributed by atoms with E-state index >= 15 is 0 Å². The molecule has 242 valence electrons. The number of nitrogens with zero attached hydrogens (tertiary/aromatic N) is 8. The van der Waals surface area contributed by atoms with E-state index in [1.165, 1.54) is 11.4 Å².